The van der Waals surface area contributed by atoms with Gasteiger partial charge in [0.25, 0.3) is 0 Å². The van der Waals surface area contributed by atoms with Gasteiger partial charge < -0.3 is 24.5 Å². The Morgan fingerprint density at radius 3 is 2.74 bits per heavy atom. The van der Waals surface area contributed by atoms with Crippen LogP contribution < -0.4 is 10.1 Å². The van der Waals surface area contributed by atoms with Crippen molar-refractivity contribution in [3.05, 3.63) is 94.7 Å². The molecule has 1 aliphatic heterocycles. The number of hydrogen-bond donors (Lipinski definition) is 2. The van der Waals surface area contributed by atoms with E-state index < -0.39 is 50.6 Å². The lowest BCUT2D eigenvalue weighted by atomic mass is 9.97. The van der Waals surface area contributed by atoms with Crippen LogP contribution in [0.2, 0.25) is 0 Å². The average Bonchev–Trinajstić information content (AvgIpc) is 3.72. The maximum atomic E-state index is 15.6. The summed E-state index contributed by atoms with van der Waals surface area (Å²) in [4.78, 5) is 19.6. The van der Waals surface area contributed by atoms with Crippen LogP contribution in [-0.2, 0) is 43.3 Å². The molecular formula is C35H36F3N5O6S. The van der Waals surface area contributed by atoms with Crippen LogP contribution in [0.4, 0.5) is 13.2 Å². The van der Waals surface area contributed by atoms with Gasteiger partial charge in [0, 0.05) is 30.7 Å². The third kappa shape index (κ3) is 7.39. The Bertz CT molecular complexity index is 2150. The van der Waals surface area contributed by atoms with E-state index in [0.29, 0.717) is 12.2 Å². The number of rotatable bonds is 5. The first kappa shape index (κ1) is 35.1. The molecule has 0 amide bonds. The molecule has 11 nitrogen and oxygen atoms in total. The number of ether oxygens (including phenoxy) is 3. The van der Waals surface area contributed by atoms with Crippen molar-refractivity contribution in [2.24, 2.45) is 13.0 Å². The lowest BCUT2D eigenvalue weighted by molar-refractivity contribution is -0.147. The number of aromatic nitrogens is 4. The van der Waals surface area contributed by atoms with Gasteiger partial charge in [-0.1, -0.05) is 31.2 Å². The minimum absolute atomic E-state index is 0.0401. The molecule has 3 heterocycles. The number of esters is 1. The van der Waals surface area contributed by atoms with E-state index in [-0.39, 0.29) is 71.9 Å². The number of carbonyl (C=O) groups excluding carboxylic acids is 1. The van der Waals surface area contributed by atoms with Gasteiger partial charge in [0.2, 0.25) is 5.82 Å². The normalized spacial score (nSPS) is 17.3. The predicted octanol–water partition coefficient (Wildman–Crippen LogP) is 5.54. The molecule has 264 valence electrons. The van der Waals surface area contributed by atoms with E-state index in [9.17, 15) is 13.2 Å². The van der Waals surface area contributed by atoms with Crippen LogP contribution in [0.5, 0.6) is 11.5 Å². The number of H-pyrrole nitrogens is 1. The molecule has 2 aromatic heterocycles. The topological polar surface area (TPSA) is 137 Å². The molecule has 50 heavy (non-hydrogen) atoms. The number of benzene rings is 3. The summed E-state index contributed by atoms with van der Waals surface area (Å²) in [5.41, 5.74) is 1.30. The molecule has 0 saturated heterocycles. The molecule has 2 N–H and O–H groups in total. The first-order valence-electron chi connectivity index (χ1n) is 16.1. The highest BCUT2D eigenvalue weighted by molar-refractivity contribution is 7.90. The lowest BCUT2D eigenvalue weighted by Gasteiger charge is -2.18. The molecule has 0 fully saturated rings. The molecular weight excluding hydrogens is 675 g/mol. The molecule has 15 heteroatoms. The standard InChI is InChI=1S/C35H36F3N5O6S/c1-4-48-35(44)20(2)16-21-6-5-7-22(17-21)30-33-41-34(43(3)42-33)25-18-23(8-9-27(25)36)49-32-26(19-50(45,46)15-14-47-13-12-40-30)24-10-11-39-31(24)28(37)29(32)38/h5-11,17-18,20,30,39-40H,4,12-16,19H2,1-3H3/t20-,30?/m1/s1. The van der Waals surface area contributed by atoms with E-state index in [0.717, 1.165) is 17.2 Å². The minimum atomic E-state index is -3.91. The van der Waals surface area contributed by atoms with Gasteiger partial charge in [-0.15, -0.1) is 0 Å². The van der Waals surface area contributed by atoms with Crippen LogP contribution in [0.25, 0.3) is 22.3 Å². The number of nitrogens with zero attached hydrogens (tertiary/aromatic N) is 3. The highest BCUT2D eigenvalue weighted by atomic mass is 32.2. The molecule has 2 atom stereocenters. The number of aromatic amines is 1. The summed E-state index contributed by atoms with van der Waals surface area (Å²) in [5.74, 6) is -5.36. The van der Waals surface area contributed by atoms with Crippen LogP contribution in [0.1, 0.15) is 42.4 Å². The molecule has 0 radical (unpaired) electrons. The van der Waals surface area contributed by atoms with Gasteiger partial charge in [-0.2, -0.15) is 9.49 Å². The monoisotopic (exact) mass is 711 g/mol. The number of sulfone groups is 1. The van der Waals surface area contributed by atoms with Crippen LogP contribution in [0.3, 0.4) is 0 Å². The first-order valence-corrected chi connectivity index (χ1v) is 17.9. The molecule has 6 rings (SSSR count). The summed E-state index contributed by atoms with van der Waals surface area (Å²) >= 11 is 0. The van der Waals surface area contributed by atoms with Crippen LogP contribution in [0, 0.1) is 23.4 Å². The van der Waals surface area contributed by atoms with E-state index in [2.05, 4.69) is 15.4 Å². The van der Waals surface area contributed by atoms with Gasteiger partial charge in [-0.3, -0.25) is 4.79 Å². The van der Waals surface area contributed by atoms with Crippen LogP contribution in [-0.4, -0.2) is 66.3 Å². The van der Waals surface area contributed by atoms with Crippen molar-refractivity contribution in [3.8, 4) is 22.9 Å². The summed E-state index contributed by atoms with van der Waals surface area (Å²) in [7, 11) is -2.32. The summed E-state index contributed by atoms with van der Waals surface area (Å²) in [6.45, 7) is 4.05. The Labute approximate surface area is 286 Å². The van der Waals surface area contributed by atoms with Crippen molar-refractivity contribution in [1.29, 1.82) is 0 Å². The Kier molecular flexibility index (Phi) is 10.3. The number of nitrogens with one attached hydrogen (secondary N) is 2. The fourth-order valence-electron chi connectivity index (χ4n) is 5.97. The third-order valence-electron chi connectivity index (χ3n) is 8.41. The van der Waals surface area contributed by atoms with E-state index in [1.165, 1.54) is 29.1 Å². The molecule has 5 aromatic rings. The third-order valence-corrected chi connectivity index (χ3v) is 9.92. The fraction of sp³-hybridized carbons (Fsp3) is 0.343. The predicted molar refractivity (Wildman–Crippen MR) is 179 cm³/mol. The van der Waals surface area contributed by atoms with Crippen molar-refractivity contribution in [2.75, 3.05) is 32.1 Å². The van der Waals surface area contributed by atoms with Gasteiger partial charge in [0.1, 0.15) is 11.6 Å². The smallest absolute Gasteiger partial charge is 0.308 e. The van der Waals surface area contributed by atoms with Gasteiger partial charge in [-0.25, -0.2) is 26.9 Å². The second-order valence-corrected chi connectivity index (χ2v) is 14.2. The van der Waals surface area contributed by atoms with Gasteiger partial charge in [0.15, 0.2) is 33.1 Å². The number of carbonyl (C=O) groups is 1. The van der Waals surface area contributed by atoms with Crippen molar-refractivity contribution in [1.82, 2.24) is 25.1 Å². The van der Waals surface area contributed by atoms with Crippen molar-refractivity contribution in [2.45, 2.75) is 32.1 Å². The Hall–Kier alpha value is -4.73. The summed E-state index contributed by atoms with van der Waals surface area (Å²) in [6, 6.07) is 12.0. The van der Waals surface area contributed by atoms with Gasteiger partial charge in [0.05, 0.1) is 54.4 Å². The Morgan fingerprint density at radius 2 is 1.94 bits per heavy atom. The zero-order valence-corrected chi connectivity index (χ0v) is 28.5. The lowest BCUT2D eigenvalue weighted by Crippen LogP contribution is -2.28. The second-order valence-electron chi connectivity index (χ2n) is 12.1. The molecule has 0 aliphatic carbocycles. The Balaban J connectivity index is 1.42. The number of aryl methyl sites for hydroxylation is 1. The van der Waals surface area contributed by atoms with Crippen LogP contribution in [0.15, 0.2) is 54.7 Å². The van der Waals surface area contributed by atoms with E-state index >= 15 is 13.2 Å². The zero-order valence-electron chi connectivity index (χ0n) is 27.6. The van der Waals surface area contributed by atoms with Crippen molar-refractivity contribution in [3.63, 3.8) is 0 Å². The SMILES string of the molecule is CCOC(=O)[C@H](C)Cc1cccc(C2NCCOCCS(=O)(=O)Cc3c(c(F)c(F)c4[nH]ccc34)Oc3ccc(F)c(c3)-c3nc2nn3C)c1. The average molecular weight is 712 g/mol. The Morgan fingerprint density at radius 1 is 1.12 bits per heavy atom. The van der Waals surface area contributed by atoms with Crippen molar-refractivity contribution >= 4 is 26.7 Å². The van der Waals surface area contributed by atoms with Gasteiger partial charge in [-0.05, 0) is 48.7 Å². The van der Waals surface area contributed by atoms with Crippen molar-refractivity contribution < 1.29 is 40.6 Å². The molecule has 3 aromatic carbocycles. The quantitative estimate of drug-likeness (QED) is 0.225. The maximum Gasteiger partial charge on any atom is 0.308 e. The molecule has 0 saturated carbocycles. The molecule has 4 bridgehead atoms. The number of fused-ring (bicyclic) bond motifs is 8. The highest BCUT2D eigenvalue weighted by Crippen LogP contribution is 2.39. The second kappa shape index (κ2) is 14.6. The largest absolute Gasteiger partial charge is 0.466 e. The first-order chi connectivity index (χ1) is 24.0. The highest BCUT2D eigenvalue weighted by Gasteiger charge is 2.28. The van der Waals surface area contributed by atoms with Gasteiger partial charge >= 0.3 is 5.97 Å². The summed E-state index contributed by atoms with van der Waals surface area (Å²) in [6.07, 6.45) is 1.80. The number of halogens is 3. The number of hydrogen-bond acceptors (Lipinski definition) is 9. The molecule has 0 spiro atoms. The summed E-state index contributed by atoms with van der Waals surface area (Å²) < 4.78 is 90.8. The molecule has 1 unspecified atom stereocenters. The summed E-state index contributed by atoms with van der Waals surface area (Å²) in [5, 5.41) is 8.10. The minimum Gasteiger partial charge on any atom is -0.466 e. The molecule has 1 aliphatic rings. The zero-order chi connectivity index (χ0) is 35.6. The fourth-order valence-corrected chi connectivity index (χ4v) is 7.21. The van der Waals surface area contributed by atoms with Crippen LogP contribution >= 0.6 is 0 Å². The van der Waals surface area contributed by atoms with E-state index in [1.54, 1.807) is 20.9 Å². The van der Waals surface area contributed by atoms with E-state index in [4.69, 9.17) is 19.2 Å². The maximum absolute atomic E-state index is 15.6. The van der Waals surface area contributed by atoms with E-state index in [1.807, 2.05) is 24.3 Å².